The summed E-state index contributed by atoms with van der Waals surface area (Å²) in [6.07, 6.45) is 3.92. The lowest BCUT2D eigenvalue weighted by Gasteiger charge is -2.25. The molecule has 0 aromatic carbocycles. The number of hydrogen-bond donors (Lipinski definition) is 3. The molecule has 0 unspecified atom stereocenters. The summed E-state index contributed by atoms with van der Waals surface area (Å²) in [6, 6.07) is 3.57. The van der Waals surface area contributed by atoms with Crippen molar-refractivity contribution in [3.8, 4) is 0 Å². The maximum Gasteiger partial charge on any atom is 0.272 e. The molecule has 20 heavy (non-hydrogen) atoms. The van der Waals surface area contributed by atoms with E-state index in [0.717, 1.165) is 38.6 Å². The van der Waals surface area contributed by atoms with Gasteiger partial charge < -0.3 is 15.7 Å². The van der Waals surface area contributed by atoms with Crippen LogP contribution in [0.2, 0.25) is 0 Å². The minimum Gasteiger partial charge on any atom is -0.393 e. The molecule has 1 aromatic rings. The van der Waals surface area contributed by atoms with Crippen LogP contribution < -0.4 is 10.6 Å². The third-order valence-electron chi connectivity index (χ3n) is 3.49. The van der Waals surface area contributed by atoms with Gasteiger partial charge in [-0.3, -0.25) is 4.79 Å². The summed E-state index contributed by atoms with van der Waals surface area (Å²) in [5.41, 5.74) is 0.332. The van der Waals surface area contributed by atoms with Crippen LogP contribution in [0.5, 0.6) is 0 Å². The molecule has 1 amide bonds. The summed E-state index contributed by atoms with van der Waals surface area (Å²) in [7, 11) is 0. The monoisotopic (exact) mass is 278 g/mol. The fourth-order valence-corrected chi connectivity index (χ4v) is 2.28. The van der Waals surface area contributed by atoms with E-state index in [1.54, 1.807) is 12.1 Å². The van der Waals surface area contributed by atoms with Gasteiger partial charge in [-0.25, -0.2) is 0 Å². The van der Waals surface area contributed by atoms with Crippen molar-refractivity contribution in [3.63, 3.8) is 0 Å². The molecule has 0 atom stereocenters. The Morgan fingerprint density at radius 3 is 2.65 bits per heavy atom. The molecular weight excluding hydrogens is 256 g/mol. The lowest BCUT2D eigenvalue weighted by atomic mass is 9.93. The molecule has 1 saturated carbocycles. The average Bonchev–Trinajstić information content (AvgIpc) is 2.48. The summed E-state index contributed by atoms with van der Waals surface area (Å²) >= 11 is 0. The minimum atomic E-state index is -0.216. The molecule has 1 heterocycles. The molecule has 1 fully saturated rings. The van der Waals surface area contributed by atoms with Gasteiger partial charge in [-0.1, -0.05) is 6.92 Å². The first-order valence-corrected chi connectivity index (χ1v) is 7.25. The van der Waals surface area contributed by atoms with Crippen molar-refractivity contribution in [2.75, 3.05) is 11.9 Å². The Bertz CT molecular complexity index is 427. The SMILES string of the molecule is CCCNc1ccc(C(=O)NC2CCC(O)CC2)nn1. The highest BCUT2D eigenvalue weighted by Gasteiger charge is 2.21. The topological polar surface area (TPSA) is 87.1 Å². The second-order valence-corrected chi connectivity index (χ2v) is 5.21. The highest BCUT2D eigenvalue weighted by molar-refractivity contribution is 5.92. The lowest BCUT2D eigenvalue weighted by molar-refractivity contribution is 0.0862. The van der Waals surface area contributed by atoms with Gasteiger partial charge in [0.05, 0.1) is 6.10 Å². The number of carbonyl (C=O) groups is 1. The van der Waals surface area contributed by atoms with Crippen LogP contribution in [0.15, 0.2) is 12.1 Å². The zero-order chi connectivity index (χ0) is 14.4. The Hall–Kier alpha value is -1.69. The third kappa shape index (κ3) is 4.16. The van der Waals surface area contributed by atoms with Crippen LogP contribution in [0.25, 0.3) is 0 Å². The number of nitrogens with one attached hydrogen (secondary N) is 2. The third-order valence-corrected chi connectivity index (χ3v) is 3.49. The number of amides is 1. The number of nitrogens with zero attached hydrogens (tertiary/aromatic N) is 2. The summed E-state index contributed by atoms with van der Waals surface area (Å²) < 4.78 is 0. The normalized spacial score (nSPS) is 22.3. The minimum absolute atomic E-state index is 0.130. The highest BCUT2D eigenvalue weighted by atomic mass is 16.3. The van der Waals surface area contributed by atoms with E-state index in [2.05, 4.69) is 27.8 Å². The standard InChI is InChI=1S/C14H22N4O2/c1-2-9-15-13-8-7-12(17-18-13)14(20)16-10-3-5-11(19)6-4-10/h7-8,10-11,19H,2-6,9H2,1H3,(H,15,18)(H,16,20). The molecule has 3 N–H and O–H groups in total. The zero-order valence-corrected chi connectivity index (χ0v) is 11.8. The van der Waals surface area contributed by atoms with E-state index in [-0.39, 0.29) is 18.1 Å². The molecule has 110 valence electrons. The van der Waals surface area contributed by atoms with Crippen molar-refractivity contribution in [3.05, 3.63) is 17.8 Å². The molecule has 0 spiro atoms. The largest absolute Gasteiger partial charge is 0.393 e. The number of carbonyl (C=O) groups excluding carboxylic acids is 1. The average molecular weight is 278 g/mol. The van der Waals surface area contributed by atoms with Gasteiger partial charge in [0.2, 0.25) is 0 Å². The smallest absolute Gasteiger partial charge is 0.272 e. The van der Waals surface area contributed by atoms with Crippen LogP contribution in [0.4, 0.5) is 5.82 Å². The Morgan fingerprint density at radius 1 is 1.30 bits per heavy atom. The van der Waals surface area contributed by atoms with Crippen LogP contribution in [0, 0.1) is 0 Å². The van der Waals surface area contributed by atoms with Crippen molar-refractivity contribution < 1.29 is 9.90 Å². The summed E-state index contributed by atoms with van der Waals surface area (Å²) in [5.74, 6) is 0.491. The van der Waals surface area contributed by atoms with Crippen LogP contribution in [-0.4, -0.2) is 39.9 Å². The molecule has 6 heteroatoms. The molecule has 0 radical (unpaired) electrons. The molecule has 0 bridgehead atoms. The lowest BCUT2D eigenvalue weighted by Crippen LogP contribution is -2.39. The van der Waals surface area contributed by atoms with Crippen molar-refractivity contribution in [2.24, 2.45) is 0 Å². The van der Waals surface area contributed by atoms with E-state index in [0.29, 0.717) is 11.5 Å². The van der Waals surface area contributed by atoms with Gasteiger partial charge in [0.15, 0.2) is 5.69 Å². The summed E-state index contributed by atoms with van der Waals surface area (Å²) in [4.78, 5) is 12.0. The number of anilines is 1. The van der Waals surface area contributed by atoms with Crippen LogP contribution in [0.3, 0.4) is 0 Å². The molecule has 1 aromatic heterocycles. The molecule has 0 aliphatic heterocycles. The summed E-state index contributed by atoms with van der Waals surface area (Å²) in [6.45, 7) is 2.91. The van der Waals surface area contributed by atoms with Gasteiger partial charge >= 0.3 is 0 Å². The van der Waals surface area contributed by atoms with Gasteiger partial charge in [-0.05, 0) is 44.2 Å². The second-order valence-electron chi connectivity index (χ2n) is 5.21. The van der Waals surface area contributed by atoms with Gasteiger partial charge in [0.1, 0.15) is 5.82 Å². The molecule has 2 rings (SSSR count). The van der Waals surface area contributed by atoms with Gasteiger partial charge in [-0.2, -0.15) is 0 Å². The van der Waals surface area contributed by atoms with E-state index in [1.165, 1.54) is 0 Å². The predicted octanol–water partition coefficient (Wildman–Crippen LogP) is 1.33. The number of aromatic nitrogens is 2. The number of aliphatic hydroxyl groups is 1. The Kier molecular flexibility index (Phi) is 5.29. The number of hydrogen-bond acceptors (Lipinski definition) is 5. The summed E-state index contributed by atoms with van der Waals surface area (Å²) in [5, 5.41) is 23.4. The van der Waals surface area contributed by atoms with Gasteiger partial charge in [0, 0.05) is 12.6 Å². The van der Waals surface area contributed by atoms with Crippen LogP contribution in [0.1, 0.15) is 49.5 Å². The fraction of sp³-hybridized carbons (Fsp3) is 0.643. The van der Waals surface area contributed by atoms with E-state index >= 15 is 0 Å². The first kappa shape index (κ1) is 14.7. The Balaban J connectivity index is 1.85. The first-order chi connectivity index (χ1) is 9.69. The Morgan fingerprint density at radius 2 is 2.05 bits per heavy atom. The van der Waals surface area contributed by atoms with Crippen molar-refractivity contribution in [2.45, 2.75) is 51.2 Å². The number of aliphatic hydroxyl groups excluding tert-OH is 1. The zero-order valence-electron chi connectivity index (χ0n) is 11.8. The van der Waals surface area contributed by atoms with Gasteiger partial charge in [-0.15, -0.1) is 10.2 Å². The fourth-order valence-electron chi connectivity index (χ4n) is 2.28. The van der Waals surface area contributed by atoms with Crippen molar-refractivity contribution >= 4 is 11.7 Å². The highest BCUT2D eigenvalue weighted by Crippen LogP contribution is 2.18. The van der Waals surface area contributed by atoms with Crippen LogP contribution >= 0.6 is 0 Å². The first-order valence-electron chi connectivity index (χ1n) is 7.25. The predicted molar refractivity (Wildman–Crippen MR) is 76.5 cm³/mol. The van der Waals surface area contributed by atoms with E-state index in [1.807, 2.05) is 0 Å². The van der Waals surface area contributed by atoms with Crippen molar-refractivity contribution in [1.82, 2.24) is 15.5 Å². The maximum atomic E-state index is 12.0. The van der Waals surface area contributed by atoms with Gasteiger partial charge in [0.25, 0.3) is 5.91 Å². The maximum absolute atomic E-state index is 12.0. The van der Waals surface area contributed by atoms with Crippen molar-refractivity contribution in [1.29, 1.82) is 0 Å². The Labute approximate surface area is 119 Å². The van der Waals surface area contributed by atoms with E-state index < -0.39 is 0 Å². The molecular formula is C14H22N4O2. The van der Waals surface area contributed by atoms with Crippen LogP contribution in [-0.2, 0) is 0 Å². The molecule has 1 aliphatic carbocycles. The van der Waals surface area contributed by atoms with E-state index in [4.69, 9.17) is 0 Å². The molecule has 6 nitrogen and oxygen atoms in total. The molecule has 1 aliphatic rings. The quantitative estimate of drug-likeness (QED) is 0.756. The second kappa shape index (κ2) is 7.19. The number of rotatable bonds is 5. The molecule has 0 saturated heterocycles. The van der Waals surface area contributed by atoms with E-state index in [9.17, 15) is 9.90 Å².